The van der Waals surface area contributed by atoms with E-state index >= 15 is 0 Å². The van der Waals surface area contributed by atoms with Crippen molar-refractivity contribution >= 4 is 5.97 Å². The first-order chi connectivity index (χ1) is 9.61. The molecule has 0 radical (unpaired) electrons. The van der Waals surface area contributed by atoms with Gasteiger partial charge in [-0.25, -0.2) is 4.79 Å². The van der Waals surface area contributed by atoms with Gasteiger partial charge in [-0.2, -0.15) is 0 Å². The molecule has 3 rings (SSSR count). The molecule has 1 saturated carbocycles. The Balaban J connectivity index is 1.62. The molecule has 1 aliphatic carbocycles. The van der Waals surface area contributed by atoms with E-state index in [2.05, 4.69) is 11.8 Å². The highest BCUT2D eigenvalue weighted by Gasteiger charge is 2.37. The van der Waals surface area contributed by atoms with Gasteiger partial charge < -0.3 is 9.84 Å². The molecule has 1 aromatic carbocycles. The molecule has 4 nitrogen and oxygen atoms in total. The predicted molar refractivity (Wildman–Crippen MR) is 75.7 cm³/mol. The molecule has 1 saturated heterocycles. The zero-order valence-corrected chi connectivity index (χ0v) is 11.8. The highest BCUT2D eigenvalue weighted by molar-refractivity contribution is 5.87. The fourth-order valence-corrected chi connectivity index (χ4v) is 2.95. The summed E-state index contributed by atoms with van der Waals surface area (Å²) in [4.78, 5) is 13.3. The summed E-state index contributed by atoms with van der Waals surface area (Å²) in [6.07, 6.45) is 3.28. The number of aromatic carboxylic acids is 1. The molecule has 2 atom stereocenters. The molecule has 1 aliphatic heterocycles. The van der Waals surface area contributed by atoms with Crippen LogP contribution < -0.4 is 0 Å². The van der Waals surface area contributed by atoms with Gasteiger partial charge in [-0.1, -0.05) is 12.1 Å². The van der Waals surface area contributed by atoms with Crippen molar-refractivity contribution in [2.45, 2.75) is 38.5 Å². The molecule has 1 N–H and O–H groups in total. The standard InChI is InChI=1S/C16H21NO3/c1-11-8-17(10-15(20-11)13-6-7-13)9-12-2-4-14(5-3-12)16(18)19/h2-5,11,13,15H,6-10H2,1H3,(H,18,19). The summed E-state index contributed by atoms with van der Waals surface area (Å²) < 4.78 is 6.01. The summed E-state index contributed by atoms with van der Waals surface area (Å²) in [5.41, 5.74) is 1.51. The summed E-state index contributed by atoms with van der Waals surface area (Å²) in [6, 6.07) is 7.19. The van der Waals surface area contributed by atoms with Crippen molar-refractivity contribution in [1.29, 1.82) is 0 Å². The number of benzene rings is 1. The van der Waals surface area contributed by atoms with Crippen molar-refractivity contribution in [3.8, 4) is 0 Å². The first-order valence-electron chi connectivity index (χ1n) is 7.32. The van der Waals surface area contributed by atoms with E-state index in [1.165, 1.54) is 18.4 Å². The quantitative estimate of drug-likeness (QED) is 0.916. The lowest BCUT2D eigenvalue weighted by Crippen LogP contribution is -2.46. The summed E-state index contributed by atoms with van der Waals surface area (Å²) in [5, 5.41) is 8.91. The number of ether oxygens (including phenoxy) is 1. The van der Waals surface area contributed by atoms with Crippen molar-refractivity contribution in [2.24, 2.45) is 5.92 Å². The van der Waals surface area contributed by atoms with Crippen LogP contribution in [-0.2, 0) is 11.3 Å². The normalized spacial score (nSPS) is 27.4. The van der Waals surface area contributed by atoms with Crippen LogP contribution in [0.1, 0.15) is 35.7 Å². The molecule has 2 aliphatic rings. The third kappa shape index (κ3) is 3.19. The van der Waals surface area contributed by atoms with Crippen LogP contribution in [-0.4, -0.2) is 41.3 Å². The van der Waals surface area contributed by atoms with Gasteiger partial charge in [0.25, 0.3) is 0 Å². The fraction of sp³-hybridized carbons (Fsp3) is 0.562. The minimum absolute atomic E-state index is 0.285. The monoisotopic (exact) mass is 275 g/mol. The maximum Gasteiger partial charge on any atom is 0.335 e. The second-order valence-electron chi connectivity index (χ2n) is 6.02. The highest BCUT2D eigenvalue weighted by Crippen LogP contribution is 2.36. The van der Waals surface area contributed by atoms with Gasteiger partial charge in [0.05, 0.1) is 17.8 Å². The van der Waals surface area contributed by atoms with Gasteiger partial charge >= 0.3 is 5.97 Å². The third-order valence-electron chi connectivity index (χ3n) is 4.12. The number of morpholine rings is 1. The Morgan fingerprint density at radius 3 is 2.60 bits per heavy atom. The zero-order chi connectivity index (χ0) is 14.1. The van der Waals surface area contributed by atoms with Crippen LogP contribution in [0.25, 0.3) is 0 Å². The van der Waals surface area contributed by atoms with E-state index in [4.69, 9.17) is 9.84 Å². The van der Waals surface area contributed by atoms with E-state index in [-0.39, 0.29) is 6.10 Å². The lowest BCUT2D eigenvalue weighted by Gasteiger charge is -2.37. The van der Waals surface area contributed by atoms with E-state index in [9.17, 15) is 4.79 Å². The molecular formula is C16H21NO3. The van der Waals surface area contributed by atoms with Crippen molar-refractivity contribution in [3.63, 3.8) is 0 Å². The number of carboxylic acid groups (broad SMARTS) is 1. The molecule has 4 heteroatoms. The summed E-state index contributed by atoms with van der Waals surface area (Å²) in [6.45, 7) is 4.95. The largest absolute Gasteiger partial charge is 0.478 e. The molecule has 0 aromatic heterocycles. The van der Waals surface area contributed by atoms with Crippen LogP contribution >= 0.6 is 0 Å². The zero-order valence-electron chi connectivity index (χ0n) is 11.8. The van der Waals surface area contributed by atoms with Gasteiger partial charge in [0.15, 0.2) is 0 Å². The number of hydrogen-bond donors (Lipinski definition) is 1. The topological polar surface area (TPSA) is 49.8 Å². The van der Waals surface area contributed by atoms with E-state index < -0.39 is 5.97 Å². The van der Waals surface area contributed by atoms with E-state index in [0.29, 0.717) is 11.7 Å². The molecule has 1 aromatic rings. The van der Waals surface area contributed by atoms with Crippen LogP contribution in [0.5, 0.6) is 0 Å². The van der Waals surface area contributed by atoms with Gasteiger partial charge in [0.2, 0.25) is 0 Å². The van der Waals surface area contributed by atoms with E-state index in [1.807, 2.05) is 12.1 Å². The minimum Gasteiger partial charge on any atom is -0.478 e. The lowest BCUT2D eigenvalue weighted by atomic mass is 10.1. The van der Waals surface area contributed by atoms with Crippen LogP contribution in [0.3, 0.4) is 0 Å². The first kappa shape index (κ1) is 13.6. The predicted octanol–water partition coefficient (Wildman–Crippen LogP) is 2.38. The van der Waals surface area contributed by atoms with Crippen LogP contribution in [0, 0.1) is 5.92 Å². The highest BCUT2D eigenvalue weighted by atomic mass is 16.5. The maximum absolute atomic E-state index is 10.8. The Morgan fingerprint density at radius 1 is 1.30 bits per heavy atom. The van der Waals surface area contributed by atoms with Gasteiger partial charge in [0, 0.05) is 19.6 Å². The van der Waals surface area contributed by atoms with Crippen LogP contribution in [0.15, 0.2) is 24.3 Å². The van der Waals surface area contributed by atoms with Crippen molar-refractivity contribution in [1.82, 2.24) is 4.90 Å². The lowest BCUT2D eigenvalue weighted by molar-refractivity contribution is -0.0881. The second kappa shape index (κ2) is 5.54. The number of carbonyl (C=O) groups is 1. The van der Waals surface area contributed by atoms with Gasteiger partial charge in [-0.3, -0.25) is 4.90 Å². The molecule has 20 heavy (non-hydrogen) atoms. The smallest absolute Gasteiger partial charge is 0.335 e. The molecule has 2 unspecified atom stereocenters. The summed E-state index contributed by atoms with van der Waals surface area (Å²) >= 11 is 0. The van der Waals surface area contributed by atoms with Crippen molar-refractivity contribution in [2.75, 3.05) is 13.1 Å². The average molecular weight is 275 g/mol. The Labute approximate surface area is 119 Å². The van der Waals surface area contributed by atoms with Crippen LogP contribution in [0.2, 0.25) is 0 Å². The second-order valence-corrected chi connectivity index (χ2v) is 6.02. The molecular weight excluding hydrogens is 254 g/mol. The average Bonchev–Trinajstić information content (AvgIpc) is 3.23. The Bertz CT molecular complexity index is 481. The van der Waals surface area contributed by atoms with Gasteiger partial charge in [0.1, 0.15) is 0 Å². The number of rotatable bonds is 4. The molecule has 0 spiro atoms. The SMILES string of the molecule is CC1CN(Cc2ccc(C(=O)O)cc2)CC(C2CC2)O1. The Morgan fingerprint density at radius 2 is 2.00 bits per heavy atom. The van der Waals surface area contributed by atoms with Gasteiger partial charge in [-0.05, 0) is 43.4 Å². The van der Waals surface area contributed by atoms with Gasteiger partial charge in [-0.15, -0.1) is 0 Å². The fourth-order valence-electron chi connectivity index (χ4n) is 2.95. The summed E-state index contributed by atoms with van der Waals surface area (Å²) in [7, 11) is 0. The number of nitrogens with zero attached hydrogens (tertiary/aromatic N) is 1. The Kier molecular flexibility index (Phi) is 3.76. The Hall–Kier alpha value is -1.39. The van der Waals surface area contributed by atoms with E-state index in [0.717, 1.165) is 25.6 Å². The summed E-state index contributed by atoms with van der Waals surface area (Å²) in [5.74, 6) is -0.111. The van der Waals surface area contributed by atoms with Crippen molar-refractivity contribution < 1.29 is 14.6 Å². The molecule has 0 bridgehead atoms. The van der Waals surface area contributed by atoms with E-state index in [1.54, 1.807) is 12.1 Å². The molecule has 0 amide bonds. The number of carboxylic acids is 1. The minimum atomic E-state index is -0.870. The maximum atomic E-state index is 10.8. The molecule has 1 heterocycles. The first-order valence-corrected chi connectivity index (χ1v) is 7.32. The molecule has 108 valence electrons. The van der Waals surface area contributed by atoms with Crippen LogP contribution in [0.4, 0.5) is 0 Å². The number of hydrogen-bond acceptors (Lipinski definition) is 3. The van der Waals surface area contributed by atoms with Crippen molar-refractivity contribution in [3.05, 3.63) is 35.4 Å². The molecule has 2 fully saturated rings. The third-order valence-corrected chi connectivity index (χ3v) is 4.12.